The smallest absolute Gasteiger partial charge is 0.129 e. The van der Waals surface area contributed by atoms with Gasteiger partial charge in [0.2, 0.25) is 0 Å². The summed E-state index contributed by atoms with van der Waals surface area (Å²) in [5.41, 5.74) is 0.691. The maximum atomic E-state index is 13.6. The van der Waals surface area contributed by atoms with E-state index in [-0.39, 0.29) is 11.9 Å². The fourth-order valence-electron chi connectivity index (χ4n) is 1.48. The molecule has 0 fully saturated rings. The number of nitrogens with one attached hydrogen (secondary N) is 1. The molecule has 0 aliphatic heterocycles. The molecule has 0 saturated carbocycles. The fourth-order valence-corrected chi connectivity index (χ4v) is 2.11. The van der Waals surface area contributed by atoms with Gasteiger partial charge in [-0.3, -0.25) is 0 Å². The average molecular weight is 248 g/mol. The van der Waals surface area contributed by atoms with E-state index in [1.807, 2.05) is 13.3 Å². The van der Waals surface area contributed by atoms with E-state index in [4.69, 9.17) is 11.6 Å². The van der Waals surface area contributed by atoms with Crippen LogP contribution in [0.3, 0.4) is 0 Å². The van der Waals surface area contributed by atoms with Crippen molar-refractivity contribution in [3.8, 4) is 0 Å². The lowest BCUT2D eigenvalue weighted by atomic mass is 10.0. The van der Waals surface area contributed by atoms with Crippen molar-refractivity contribution in [2.45, 2.75) is 12.5 Å². The monoisotopic (exact) mass is 247 g/mol. The zero-order chi connectivity index (χ0) is 11.3. The standard InChI is InChI=1S/C11H15ClFNS/c1-14-11(5-6-15-2)9-4-3-8(12)7-10(9)13/h3-4,7,11,14H,5-6H2,1-2H3. The van der Waals surface area contributed by atoms with Gasteiger partial charge >= 0.3 is 0 Å². The summed E-state index contributed by atoms with van der Waals surface area (Å²) >= 11 is 7.47. The second kappa shape index (κ2) is 6.36. The van der Waals surface area contributed by atoms with E-state index in [0.29, 0.717) is 10.6 Å². The Labute approximate surface area is 99.4 Å². The summed E-state index contributed by atoms with van der Waals surface area (Å²) < 4.78 is 13.6. The maximum Gasteiger partial charge on any atom is 0.129 e. The van der Waals surface area contributed by atoms with Crippen LogP contribution in [0.5, 0.6) is 0 Å². The summed E-state index contributed by atoms with van der Waals surface area (Å²) in [6, 6.07) is 4.90. The van der Waals surface area contributed by atoms with Gasteiger partial charge in [-0.1, -0.05) is 17.7 Å². The topological polar surface area (TPSA) is 12.0 Å². The molecule has 0 spiro atoms. The number of halogens is 2. The van der Waals surface area contributed by atoms with Crippen LogP contribution in [0.1, 0.15) is 18.0 Å². The number of hydrogen-bond acceptors (Lipinski definition) is 2. The number of hydrogen-bond donors (Lipinski definition) is 1. The molecule has 0 aliphatic rings. The molecule has 1 aromatic carbocycles. The van der Waals surface area contributed by atoms with E-state index < -0.39 is 0 Å². The highest BCUT2D eigenvalue weighted by Crippen LogP contribution is 2.23. The van der Waals surface area contributed by atoms with E-state index in [1.165, 1.54) is 6.07 Å². The quantitative estimate of drug-likeness (QED) is 0.855. The van der Waals surface area contributed by atoms with Gasteiger partial charge in [0, 0.05) is 16.6 Å². The van der Waals surface area contributed by atoms with Crippen LogP contribution < -0.4 is 5.32 Å². The Morgan fingerprint density at radius 3 is 2.80 bits per heavy atom. The van der Waals surface area contributed by atoms with Crippen molar-refractivity contribution >= 4 is 23.4 Å². The summed E-state index contributed by atoms with van der Waals surface area (Å²) in [4.78, 5) is 0. The maximum absolute atomic E-state index is 13.6. The predicted octanol–water partition coefficient (Wildman–Crippen LogP) is 3.49. The van der Waals surface area contributed by atoms with Crippen LogP contribution in [0.2, 0.25) is 5.02 Å². The van der Waals surface area contributed by atoms with Gasteiger partial charge in [-0.15, -0.1) is 0 Å². The predicted molar refractivity (Wildman–Crippen MR) is 66.2 cm³/mol. The van der Waals surface area contributed by atoms with Crippen LogP contribution in [-0.4, -0.2) is 19.1 Å². The van der Waals surface area contributed by atoms with Crippen molar-refractivity contribution in [2.75, 3.05) is 19.1 Å². The van der Waals surface area contributed by atoms with Gasteiger partial charge in [0.25, 0.3) is 0 Å². The van der Waals surface area contributed by atoms with Crippen molar-refractivity contribution in [1.82, 2.24) is 5.32 Å². The highest BCUT2D eigenvalue weighted by atomic mass is 35.5. The fraction of sp³-hybridized carbons (Fsp3) is 0.455. The molecular weight excluding hydrogens is 233 g/mol. The molecule has 1 N–H and O–H groups in total. The number of thioether (sulfide) groups is 1. The van der Waals surface area contributed by atoms with Gasteiger partial charge in [-0.25, -0.2) is 4.39 Å². The molecule has 1 aromatic rings. The van der Waals surface area contributed by atoms with Crippen LogP contribution in [0, 0.1) is 5.82 Å². The Kier molecular flexibility index (Phi) is 5.43. The van der Waals surface area contributed by atoms with Crippen molar-refractivity contribution in [3.05, 3.63) is 34.6 Å². The molecule has 1 unspecified atom stereocenters. The highest BCUT2D eigenvalue weighted by molar-refractivity contribution is 7.98. The van der Waals surface area contributed by atoms with E-state index in [2.05, 4.69) is 5.32 Å². The molecule has 1 atom stereocenters. The van der Waals surface area contributed by atoms with E-state index in [1.54, 1.807) is 23.9 Å². The summed E-state index contributed by atoms with van der Waals surface area (Å²) in [6.07, 6.45) is 2.96. The van der Waals surface area contributed by atoms with Gasteiger partial charge in [0.15, 0.2) is 0 Å². The molecule has 0 saturated heterocycles. The number of benzene rings is 1. The van der Waals surface area contributed by atoms with Gasteiger partial charge in [-0.2, -0.15) is 11.8 Å². The van der Waals surface area contributed by atoms with Gasteiger partial charge in [0.05, 0.1) is 0 Å². The SMILES string of the molecule is CNC(CCSC)c1ccc(Cl)cc1F. The Hall–Kier alpha value is -0.250. The van der Waals surface area contributed by atoms with E-state index in [9.17, 15) is 4.39 Å². The van der Waals surface area contributed by atoms with Crippen LogP contribution >= 0.6 is 23.4 Å². The molecule has 0 radical (unpaired) electrons. The first-order chi connectivity index (χ1) is 7.19. The molecule has 4 heteroatoms. The number of rotatable bonds is 5. The first-order valence-electron chi connectivity index (χ1n) is 4.80. The molecule has 0 bridgehead atoms. The first kappa shape index (κ1) is 12.8. The molecule has 1 rings (SSSR count). The lowest BCUT2D eigenvalue weighted by molar-refractivity contribution is 0.528. The summed E-state index contributed by atoms with van der Waals surface area (Å²) in [5, 5.41) is 3.56. The lowest BCUT2D eigenvalue weighted by Crippen LogP contribution is -2.18. The van der Waals surface area contributed by atoms with Crippen molar-refractivity contribution in [3.63, 3.8) is 0 Å². The first-order valence-corrected chi connectivity index (χ1v) is 6.57. The average Bonchev–Trinajstić information content (AvgIpc) is 2.21. The van der Waals surface area contributed by atoms with Gasteiger partial charge in [-0.05, 0) is 37.6 Å². The van der Waals surface area contributed by atoms with Crippen molar-refractivity contribution < 1.29 is 4.39 Å². The normalized spacial score (nSPS) is 12.8. The third kappa shape index (κ3) is 3.67. The molecular formula is C11H15ClFNS. The minimum Gasteiger partial charge on any atom is -0.313 e. The third-order valence-electron chi connectivity index (χ3n) is 2.30. The second-order valence-electron chi connectivity index (χ2n) is 3.29. The molecule has 0 heterocycles. The molecule has 0 aliphatic carbocycles. The van der Waals surface area contributed by atoms with Crippen molar-refractivity contribution in [2.24, 2.45) is 0 Å². The molecule has 0 amide bonds. The van der Waals surface area contributed by atoms with Crippen LogP contribution in [0.4, 0.5) is 4.39 Å². The zero-order valence-electron chi connectivity index (χ0n) is 8.89. The minimum atomic E-state index is -0.233. The summed E-state index contributed by atoms with van der Waals surface area (Å²) in [6.45, 7) is 0. The van der Waals surface area contributed by atoms with E-state index >= 15 is 0 Å². The summed E-state index contributed by atoms with van der Waals surface area (Å²) in [7, 11) is 1.85. The van der Waals surface area contributed by atoms with Crippen LogP contribution in [0.25, 0.3) is 0 Å². The highest BCUT2D eigenvalue weighted by Gasteiger charge is 2.13. The minimum absolute atomic E-state index is 0.0646. The zero-order valence-corrected chi connectivity index (χ0v) is 10.5. The third-order valence-corrected chi connectivity index (χ3v) is 3.18. The Balaban J connectivity index is 2.81. The second-order valence-corrected chi connectivity index (χ2v) is 4.71. The summed E-state index contributed by atoms with van der Waals surface area (Å²) in [5.74, 6) is 0.774. The molecule has 0 aromatic heterocycles. The van der Waals surface area contributed by atoms with E-state index in [0.717, 1.165) is 12.2 Å². The Morgan fingerprint density at radius 2 is 2.27 bits per heavy atom. The largest absolute Gasteiger partial charge is 0.313 e. The van der Waals surface area contributed by atoms with Crippen LogP contribution in [0.15, 0.2) is 18.2 Å². The van der Waals surface area contributed by atoms with Crippen LogP contribution in [-0.2, 0) is 0 Å². The lowest BCUT2D eigenvalue weighted by Gasteiger charge is -2.16. The molecule has 1 nitrogen and oxygen atoms in total. The van der Waals surface area contributed by atoms with Crippen molar-refractivity contribution in [1.29, 1.82) is 0 Å². The Morgan fingerprint density at radius 1 is 1.53 bits per heavy atom. The Bertz CT molecular complexity index is 319. The van der Waals surface area contributed by atoms with Gasteiger partial charge in [0.1, 0.15) is 5.82 Å². The van der Waals surface area contributed by atoms with Gasteiger partial charge < -0.3 is 5.32 Å². The molecule has 84 valence electrons. The molecule has 15 heavy (non-hydrogen) atoms.